The summed E-state index contributed by atoms with van der Waals surface area (Å²) in [5.74, 6) is 0.995. The highest BCUT2D eigenvalue weighted by Gasteiger charge is 2.09. The molecule has 0 atom stereocenters. The predicted octanol–water partition coefficient (Wildman–Crippen LogP) is 2.23. The maximum absolute atomic E-state index is 5.81. The van der Waals surface area contributed by atoms with E-state index in [-0.39, 0.29) is 0 Å². The number of hydrogen-bond donors (Lipinski definition) is 2. The Morgan fingerprint density at radius 2 is 2.14 bits per heavy atom. The molecule has 0 unspecified atom stereocenters. The van der Waals surface area contributed by atoms with Crippen molar-refractivity contribution in [3.05, 3.63) is 28.2 Å². The summed E-state index contributed by atoms with van der Waals surface area (Å²) < 4.78 is 6.91. The van der Waals surface area contributed by atoms with E-state index in [2.05, 4.69) is 44.5 Å². The lowest BCUT2D eigenvalue weighted by atomic mass is 10.2. The molecule has 1 fully saturated rings. The number of nitrogens with one attached hydrogen (secondary N) is 2. The topological polar surface area (TPSA) is 36.5 Å². The molecule has 118 valence electrons. The van der Waals surface area contributed by atoms with Gasteiger partial charge in [-0.3, -0.25) is 4.90 Å². The predicted molar refractivity (Wildman–Crippen MR) is 90.9 cm³/mol. The van der Waals surface area contributed by atoms with Gasteiger partial charge in [-0.1, -0.05) is 22.9 Å². The second kappa shape index (κ2) is 9.41. The molecule has 2 N–H and O–H groups in total. The molecule has 1 aromatic carbocycles. The molecular weight excluding hydrogens is 330 g/mol. The lowest BCUT2D eigenvalue weighted by Crippen LogP contribution is -2.45. The van der Waals surface area contributed by atoms with Crippen LogP contribution >= 0.6 is 15.9 Å². The first kappa shape index (κ1) is 16.7. The van der Waals surface area contributed by atoms with Crippen molar-refractivity contribution >= 4 is 15.9 Å². The van der Waals surface area contributed by atoms with Crippen molar-refractivity contribution < 1.29 is 4.74 Å². The molecule has 4 nitrogen and oxygen atoms in total. The van der Waals surface area contributed by atoms with E-state index in [1.165, 1.54) is 5.56 Å². The van der Waals surface area contributed by atoms with E-state index in [9.17, 15) is 0 Å². The van der Waals surface area contributed by atoms with Crippen LogP contribution in [0, 0.1) is 0 Å². The molecule has 0 amide bonds. The monoisotopic (exact) mass is 355 g/mol. The summed E-state index contributed by atoms with van der Waals surface area (Å²) >= 11 is 3.54. The van der Waals surface area contributed by atoms with Crippen molar-refractivity contribution in [2.75, 3.05) is 45.9 Å². The van der Waals surface area contributed by atoms with Gasteiger partial charge in [0.25, 0.3) is 0 Å². The van der Waals surface area contributed by atoms with Crippen molar-refractivity contribution in [3.63, 3.8) is 0 Å². The Labute approximate surface area is 136 Å². The summed E-state index contributed by atoms with van der Waals surface area (Å²) in [4.78, 5) is 2.50. The summed E-state index contributed by atoms with van der Waals surface area (Å²) in [5.41, 5.74) is 1.22. The lowest BCUT2D eigenvalue weighted by Gasteiger charge is -2.27. The molecule has 1 aliphatic rings. The molecule has 21 heavy (non-hydrogen) atoms. The Balaban J connectivity index is 1.77. The van der Waals surface area contributed by atoms with Crippen LogP contribution in [0.1, 0.15) is 18.9 Å². The van der Waals surface area contributed by atoms with Crippen LogP contribution in [0.4, 0.5) is 0 Å². The Kier molecular flexibility index (Phi) is 7.50. The molecule has 0 radical (unpaired) electrons. The molecule has 1 aliphatic heterocycles. The van der Waals surface area contributed by atoms with Crippen LogP contribution < -0.4 is 15.4 Å². The Morgan fingerprint density at radius 1 is 1.33 bits per heavy atom. The van der Waals surface area contributed by atoms with Gasteiger partial charge in [-0.2, -0.15) is 0 Å². The largest absolute Gasteiger partial charge is 0.493 e. The Bertz CT molecular complexity index is 422. The fourth-order valence-corrected chi connectivity index (χ4v) is 2.84. The van der Waals surface area contributed by atoms with E-state index < -0.39 is 0 Å². The molecule has 1 heterocycles. The van der Waals surface area contributed by atoms with E-state index >= 15 is 0 Å². The number of halogens is 1. The SMILES string of the molecule is CCCOc1ccc(Br)cc1CNCCN1CCNCC1. The van der Waals surface area contributed by atoms with Gasteiger partial charge in [0.2, 0.25) is 0 Å². The van der Waals surface area contributed by atoms with Crippen molar-refractivity contribution in [1.82, 2.24) is 15.5 Å². The Hall–Kier alpha value is -0.620. The van der Waals surface area contributed by atoms with Crippen molar-refractivity contribution in [3.8, 4) is 5.75 Å². The van der Waals surface area contributed by atoms with E-state index in [1.54, 1.807) is 0 Å². The second-order valence-corrected chi connectivity index (χ2v) is 6.28. The lowest BCUT2D eigenvalue weighted by molar-refractivity contribution is 0.240. The minimum atomic E-state index is 0.773. The molecule has 0 spiro atoms. The molecule has 0 aromatic heterocycles. The van der Waals surface area contributed by atoms with Crippen molar-refractivity contribution in [2.24, 2.45) is 0 Å². The molecule has 0 aliphatic carbocycles. The van der Waals surface area contributed by atoms with Crippen molar-refractivity contribution in [2.45, 2.75) is 19.9 Å². The van der Waals surface area contributed by atoms with Gasteiger partial charge in [0.05, 0.1) is 6.61 Å². The number of piperazine rings is 1. The molecule has 2 rings (SSSR count). The van der Waals surface area contributed by atoms with Crippen LogP contribution in [0.15, 0.2) is 22.7 Å². The fraction of sp³-hybridized carbons (Fsp3) is 0.625. The van der Waals surface area contributed by atoms with Gasteiger partial charge in [0.1, 0.15) is 5.75 Å². The average molecular weight is 356 g/mol. The summed E-state index contributed by atoms with van der Waals surface area (Å²) in [6, 6.07) is 6.23. The van der Waals surface area contributed by atoms with Gasteiger partial charge in [-0.15, -0.1) is 0 Å². The van der Waals surface area contributed by atoms with E-state index in [4.69, 9.17) is 4.74 Å². The third-order valence-corrected chi connectivity index (χ3v) is 4.11. The minimum absolute atomic E-state index is 0.773. The zero-order valence-electron chi connectivity index (χ0n) is 12.8. The van der Waals surface area contributed by atoms with E-state index in [0.717, 1.165) is 69.1 Å². The van der Waals surface area contributed by atoms with Gasteiger partial charge in [-0.25, -0.2) is 0 Å². The van der Waals surface area contributed by atoms with E-state index in [1.807, 2.05) is 12.1 Å². The average Bonchev–Trinajstić information content (AvgIpc) is 2.52. The highest BCUT2D eigenvalue weighted by molar-refractivity contribution is 9.10. The van der Waals surface area contributed by atoms with Gasteiger partial charge < -0.3 is 15.4 Å². The standard InChI is InChI=1S/C16H26BrN3O/c1-2-11-21-16-4-3-15(17)12-14(16)13-19-7-10-20-8-5-18-6-9-20/h3-4,12,18-19H,2,5-11,13H2,1H3. The zero-order valence-corrected chi connectivity index (χ0v) is 14.4. The highest BCUT2D eigenvalue weighted by atomic mass is 79.9. The van der Waals surface area contributed by atoms with Crippen LogP contribution in [0.25, 0.3) is 0 Å². The summed E-state index contributed by atoms with van der Waals surface area (Å²) in [5, 5.41) is 6.91. The van der Waals surface area contributed by atoms with Crippen LogP contribution in [0.3, 0.4) is 0 Å². The first-order chi connectivity index (χ1) is 10.3. The maximum Gasteiger partial charge on any atom is 0.123 e. The van der Waals surface area contributed by atoms with Crippen LogP contribution in [-0.4, -0.2) is 50.8 Å². The van der Waals surface area contributed by atoms with Gasteiger partial charge in [-0.05, 0) is 24.6 Å². The number of ether oxygens (including phenoxy) is 1. The summed E-state index contributed by atoms with van der Waals surface area (Å²) in [7, 11) is 0. The minimum Gasteiger partial charge on any atom is -0.493 e. The first-order valence-electron chi connectivity index (χ1n) is 7.84. The molecule has 0 saturated carbocycles. The third kappa shape index (κ3) is 5.94. The molecule has 1 aromatic rings. The molecule has 5 heteroatoms. The second-order valence-electron chi connectivity index (χ2n) is 5.37. The van der Waals surface area contributed by atoms with Gasteiger partial charge in [0, 0.05) is 55.8 Å². The fourth-order valence-electron chi connectivity index (χ4n) is 2.43. The van der Waals surface area contributed by atoms with Crippen molar-refractivity contribution in [1.29, 1.82) is 0 Å². The third-order valence-electron chi connectivity index (χ3n) is 3.61. The molecular formula is C16H26BrN3O. The summed E-state index contributed by atoms with van der Waals surface area (Å²) in [6.45, 7) is 10.4. The number of rotatable bonds is 8. The smallest absolute Gasteiger partial charge is 0.123 e. The highest BCUT2D eigenvalue weighted by Crippen LogP contribution is 2.23. The first-order valence-corrected chi connectivity index (χ1v) is 8.64. The molecule has 0 bridgehead atoms. The Morgan fingerprint density at radius 3 is 2.90 bits per heavy atom. The number of nitrogens with zero attached hydrogens (tertiary/aromatic N) is 1. The quantitative estimate of drug-likeness (QED) is 0.701. The maximum atomic E-state index is 5.81. The normalized spacial score (nSPS) is 16.1. The zero-order chi connectivity index (χ0) is 14.9. The van der Waals surface area contributed by atoms with E-state index in [0.29, 0.717) is 0 Å². The summed E-state index contributed by atoms with van der Waals surface area (Å²) in [6.07, 6.45) is 1.03. The molecule has 1 saturated heterocycles. The van der Waals surface area contributed by atoms with Crippen LogP contribution in [0.5, 0.6) is 5.75 Å². The van der Waals surface area contributed by atoms with Crippen LogP contribution in [0.2, 0.25) is 0 Å². The van der Waals surface area contributed by atoms with Gasteiger partial charge >= 0.3 is 0 Å². The van der Waals surface area contributed by atoms with Crippen LogP contribution in [-0.2, 0) is 6.54 Å². The number of benzene rings is 1. The van der Waals surface area contributed by atoms with Gasteiger partial charge in [0.15, 0.2) is 0 Å². The number of hydrogen-bond acceptors (Lipinski definition) is 4.